The molecule has 0 amide bonds. The van der Waals surface area contributed by atoms with Crippen molar-refractivity contribution in [1.82, 2.24) is 4.98 Å². The van der Waals surface area contributed by atoms with Gasteiger partial charge in [0.2, 0.25) is 0 Å². The van der Waals surface area contributed by atoms with Crippen LogP contribution >= 0.6 is 11.3 Å². The second kappa shape index (κ2) is 7.83. The fourth-order valence-electron chi connectivity index (χ4n) is 2.98. The molecule has 3 aromatic rings. The van der Waals surface area contributed by atoms with Crippen molar-refractivity contribution in [3.63, 3.8) is 0 Å². The highest BCUT2D eigenvalue weighted by molar-refractivity contribution is 7.17. The first kappa shape index (κ1) is 20.2. The Hall–Kier alpha value is -2.54. The van der Waals surface area contributed by atoms with E-state index >= 15 is 0 Å². The summed E-state index contributed by atoms with van der Waals surface area (Å²) in [5.74, 6) is 1.37. The van der Waals surface area contributed by atoms with E-state index in [-0.39, 0.29) is 6.61 Å². The topological polar surface area (TPSA) is 31.4 Å². The maximum Gasteiger partial charge on any atom is 0.433 e. The number of halogens is 3. The lowest BCUT2D eigenvalue weighted by Crippen LogP contribution is -2.10. The molecule has 0 fully saturated rings. The third-order valence-corrected chi connectivity index (χ3v) is 5.46. The Kier molecular flexibility index (Phi) is 5.65. The molecule has 0 bridgehead atoms. The molecule has 28 heavy (non-hydrogen) atoms. The molecule has 2 heterocycles. The number of rotatable bonds is 6. The number of pyridine rings is 1. The van der Waals surface area contributed by atoms with Gasteiger partial charge < -0.3 is 9.47 Å². The Morgan fingerprint density at radius 1 is 1.18 bits per heavy atom. The molecule has 0 spiro atoms. The molecule has 7 heteroatoms. The summed E-state index contributed by atoms with van der Waals surface area (Å²) in [6.45, 7) is 7.59. The summed E-state index contributed by atoms with van der Waals surface area (Å²) < 4.78 is 50.3. The molecule has 0 saturated heterocycles. The fraction of sp³-hybridized carbons (Fsp3) is 0.286. The Labute approximate surface area is 165 Å². The zero-order chi connectivity index (χ0) is 20.5. The summed E-state index contributed by atoms with van der Waals surface area (Å²) in [7, 11) is 1.60. The zero-order valence-electron chi connectivity index (χ0n) is 15.8. The number of allylic oxidation sites excluding steroid dienone is 1. The first-order valence-corrected chi connectivity index (χ1v) is 9.46. The number of hydrogen-bond acceptors (Lipinski definition) is 4. The van der Waals surface area contributed by atoms with Gasteiger partial charge in [0.25, 0.3) is 0 Å². The normalized spacial score (nSPS) is 11.6. The van der Waals surface area contributed by atoms with Crippen LogP contribution in [-0.2, 0) is 23.9 Å². The van der Waals surface area contributed by atoms with Gasteiger partial charge in [0.15, 0.2) is 0 Å². The van der Waals surface area contributed by atoms with Crippen molar-refractivity contribution in [2.24, 2.45) is 0 Å². The third kappa shape index (κ3) is 4.30. The van der Waals surface area contributed by atoms with E-state index in [2.05, 4.69) is 16.9 Å². The van der Waals surface area contributed by atoms with Gasteiger partial charge in [0.1, 0.15) is 18.1 Å². The van der Waals surface area contributed by atoms with Gasteiger partial charge in [-0.05, 0) is 53.9 Å². The quantitative estimate of drug-likeness (QED) is 0.455. The largest absolute Gasteiger partial charge is 0.501 e. The van der Waals surface area contributed by atoms with Crippen molar-refractivity contribution in [2.75, 3.05) is 7.11 Å². The van der Waals surface area contributed by atoms with Crippen molar-refractivity contribution in [1.29, 1.82) is 0 Å². The highest BCUT2D eigenvalue weighted by Gasteiger charge is 2.32. The van der Waals surface area contributed by atoms with Crippen molar-refractivity contribution in [2.45, 2.75) is 33.1 Å². The van der Waals surface area contributed by atoms with Crippen LogP contribution in [0.25, 0.3) is 10.1 Å². The van der Waals surface area contributed by atoms with Crippen LogP contribution in [0.15, 0.2) is 42.0 Å². The van der Waals surface area contributed by atoms with Gasteiger partial charge in [-0.3, -0.25) is 0 Å². The molecule has 0 saturated carbocycles. The van der Waals surface area contributed by atoms with Crippen LogP contribution in [-0.4, -0.2) is 12.1 Å². The van der Waals surface area contributed by atoms with Crippen molar-refractivity contribution < 1.29 is 22.6 Å². The van der Waals surface area contributed by atoms with Crippen molar-refractivity contribution >= 4 is 21.4 Å². The second-order valence-electron chi connectivity index (χ2n) is 6.52. The Morgan fingerprint density at radius 2 is 1.93 bits per heavy atom. The maximum absolute atomic E-state index is 12.7. The maximum atomic E-state index is 12.7. The average Bonchev–Trinajstić information content (AvgIpc) is 3.03. The minimum Gasteiger partial charge on any atom is -0.501 e. The molecular formula is C21H20F3NO2S. The standard InChI is InChI=1S/C21H20F3NO2S/c1-12-7-17(9-18-20(12)16(11-28-18)8-13(2)26-4)27-10-15-5-6-19(21(22,23)24)25-14(15)3/h5-7,9,11H,2,8,10H2,1,3-4H3. The molecule has 0 radical (unpaired) electrons. The van der Waals surface area contributed by atoms with Crippen LogP contribution in [0.4, 0.5) is 13.2 Å². The summed E-state index contributed by atoms with van der Waals surface area (Å²) in [5.41, 5.74) is 2.25. The van der Waals surface area contributed by atoms with Crippen LogP contribution < -0.4 is 4.74 Å². The van der Waals surface area contributed by atoms with Crippen LogP contribution in [0.5, 0.6) is 5.75 Å². The van der Waals surface area contributed by atoms with Crippen LogP contribution in [0, 0.1) is 13.8 Å². The monoisotopic (exact) mass is 407 g/mol. The Balaban J connectivity index is 1.79. The Bertz CT molecular complexity index is 1020. The van der Waals surface area contributed by atoms with Crippen LogP contribution in [0.1, 0.15) is 28.1 Å². The molecule has 2 aromatic heterocycles. The predicted octanol–water partition coefficient (Wildman–Crippen LogP) is 6.21. The summed E-state index contributed by atoms with van der Waals surface area (Å²) in [4.78, 5) is 3.64. The number of fused-ring (bicyclic) bond motifs is 1. The number of benzene rings is 1. The summed E-state index contributed by atoms with van der Waals surface area (Å²) >= 11 is 1.61. The van der Waals surface area contributed by atoms with Gasteiger partial charge in [-0.2, -0.15) is 13.2 Å². The number of aromatic nitrogens is 1. The molecule has 0 aliphatic rings. The molecule has 148 valence electrons. The predicted molar refractivity (Wildman–Crippen MR) is 105 cm³/mol. The SMILES string of the molecule is C=C(Cc1csc2cc(OCc3ccc(C(F)(F)F)nc3C)cc(C)c12)OC. The van der Waals surface area contributed by atoms with E-state index in [0.29, 0.717) is 29.2 Å². The minimum atomic E-state index is -4.45. The molecule has 3 rings (SSSR count). The number of ether oxygens (including phenoxy) is 2. The van der Waals surface area contributed by atoms with E-state index < -0.39 is 11.9 Å². The van der Waals surface area contributed by atoms with Gasteiger partial charge in [-0.1, -0.05) is 12.6 Å². The summed E-state index contributed by atoms with van der Waals surface area (Å²) in [6, 6.07) is 6.27. The van der Waals surface area contributed by atoms with E-state index in [1.54, 1.807) is 25.4 Å². The first-order valence-electron chi connectivity index (χ1n) is 8.58. The third-order valence-electron chi connectivity index (χ3n) is 4.48. The number of alkyl halides is 3. The number of nitrogens with zero attached hydrogens (tertiary/aromatic N) is 1. The molecular weight excluding hydrogens is 387 g/mol. The Morgan fingerprint density at radius 3 is 2.57 bits per heavy atom. The summed E-state index contributed by atoms with van der Waals surface area (Å²) in [5, 5.41) is 3.23. The van der Waals surface area contributed by atoms with Gasteiger partial charge in [0.05, 0.1) is 12.9 Å². The number of aryl methyl sites for hydroxylation is 2. The number of methoxy groups -OCH3 is 1. The highest BCUT2D eigenvalue weighted by atomic mass is 32.1. The minimum absolute atomic E-state index is 0.153. The lowest BCUT2D eigenvalue weighted by Gasteiger charge is -2.12. The van der Waals surface area contributed by atoms with Crippen LogP contribution in [0.2, 0.25) is 0 Å². The molecule has 0 aliphatic carbocycles. The summed E-state index contributed by atoms with van der Waals surface area (Å²) in [6.07, 6.45) is -3.80. The molecule has 0 N–H and O–H groups in total. The lowest BCUT2D eigenvalue weighted by atomic mass is 10.0. The van der Waals surface area contributed by atoms with Gasteiger partial charge in [-0.25, -0.2) is 4.98 Å². The molecule has 0 unspecified atom stereocenters. The fourth-order valence-corrected chi connectivity index (χ4v) is 4.04. The number of hydrogen-bond donors (Lipinski definition) is 0. The van der Waals surface area contributed by atoms with Gasteiger partial charge in [0, 0.05) is 22.4 Å². The van der Waals surface area contributed by atoms with E-state index in [0.717, 1.165) is 27.3 Å². The second-order valence-corrected chi connectivity index (χ2v) is 7.43. The zero-order valence-corrected chi connectivity index (χ0v) is 16.6. The number of thiophene rings is 1. The van der Waals surface area contributed by atoms with Crippen molar-refractivity contribution in [3.8, 4) is 5.75 Å². The lowest BCUT2D eigenvalue weighted by molar-refractivity contribution is -0.141. The van der Waals surface area contributed by atoms with Gasteiger partial charge in [-0.15, -0.1) is 11.3 Å². The molecule has 3 nitrogen and oxygen atoms in total. The first-order chi connectivity index (χ1) is 13.2. The van der Waals surface area contributed by atoms with E-state index in [1.165, 1.54) is 6.07 Å². The highest BCUT2D eigenvalue weighted by Crippen LogP contribution is 2.34. The molecule has 0 atom stereocenters. The smallest absolute Gasteiger partial charge is 0.433 e. The van der Waals surface area contributed by atoms with Crippen LogP contribution in [0.3, 0.4) is 0 Å². The van der Waals surface area contributed by atoms with E-state index in [9.17, 15) is 13.2 Å². The average molecular weight is 407 g/mol. The molecule has 1 aromatic carbocycles. The van der Waals surface area contributed by atoms with Gasteiger partial charge >= 0.3 is 6.18 Å². The van der Waals surface area contributed by atoms with Crippen molar-refractivity contribution in [3.05, 3.63) is 70.1 Å². The van der Waals surface area contributed by atoms with E-state index in [1.807, 2.05) is 19.1 Å². The van der Waals surface area contributed by atoms with E-state index in [4.69, 9.17) is 9.47 Å². The molecule has 0 aliphatic heterocycles.